The fourth-order valence-corrected chi connectivity index (χ4v) is 2.80. The molecule has 1 rings (SSSR count). The highest BCUT2D eigenvalue weighted by Crippen LogP contribution is 2.15. The molecule has 0 saturated heterocycles. The van der Waals surface area contributed by atoms with E-state index in [-0.39, 0.29) is 42.8 Å². The van der Waals surface area contributed by atoms with E-state index in [4.69, 9.17) is 4.74 Å². The second-order valence-electron chi connectivity index (χ2n) is 8.66. The molecule has 184 valence electrons. The Kier molecular flexibility index (Phi) is 23.8. The molecule has 1 aliphatic carbocycles. The lowest BCUT2D eigenvalue weighted by atomic mass is 10.00. The molecule has 0 unspecified atom stereocenters. The van der Waals surface area contributed by atoms with Crippen LogP contribution in [0.15, 0.2) is 11.6 Å². The van der Waals surface area contributed by atoms with Crippen molar-refractivity contribution in [1.29, 1.82) is 0 Å². The van der Waals surface area contributed by atoms with Gasteiger partial charge in [-0.25, -0.2) is 4.79 Å². The molecule has 0 radical (unpaired) electrons. The standard InChI is InChI=1S/C14H24N2O4.C6H12.C4H10.ClH/c1-6-20-14(19)11(4)7-12(10(2)3)16(5)13(18)8-15-9-17;1-2-4-6-5-3-1;1-4(2)3;/h7,9-10,12H,6,8H2,1-5H3,(H,15,17);1-6H2;4H,1-3H3;1H/b11-7+;;;/t12-;;;/m1.../s1. The number of hydrogen-bond acceptors (Lipinski definition) is 4. The van der Waals surface area contributed by atoms with Crippen molar-refractivity contribution in [3.05, 3.63) is 11.6 Å². The molecule has 1 atom stereocenters. The molecule has 1 aliphatic rings. The molecule has 2 amide bonds. The Morgan fingerprint density at radius 1 is 1.00 bits per heavy atom. The summed E-state index contributed by atoms with van der Waals surface area (Å²) in [5.41, 5.74) is 0.466. The number of carbonyl (C=O) groups is 3. The number of rotatable bonds is 8. The van der Waals surface area contributed by atoms with E-state index >= 15 is 0 Å². The molecule has 0 aromatic rings. The van der Waals surface area contributed by atoms with E-state index in [0.29, 0.717) is 18.6 Å². The van der Waals surface area contributed by atoms with Gasteiger partial charge in [0.2, 0.25) is 12.3 Å². The number of esters is 1. The Bertz CT molecular complexity index is 490. The number of carbonyl (C=O) groups excluding carboxylic acids is 3. The molecule has 6 nitrogen and oxygen atoms in total. The number of ether oxygens (including phenoxy) is 1. The number of amides is 2. The van der Waals surface area contributed by atoms with Crippen molar-refractivity contribution in [2.45, 2.75) is 93.0 Å². The lowest BCUT2D eigenvalue weighted by Gasteiger charge is -2.29. The van der Waals surface area contributed by atoms with Crippen LogP contribution in [0.4, 0.5) is 0 Å². The summed E-state index contributed by atoms with van der Waals surface area (Å²) in [6.07, 6.45) is 11.2. The largest absolute Gasteiger partial charge is 0.463 e. The smallest absolute Gasteiger partial charge is 0.333 e. The van der Waals surface area contributed by atoms with Crippen molar-refractivity contribution < 1.29 is 19.1 Å². The van der Waals surface area contributed by atoms with Gasteiger partial charge in [-0.3, -0.25) is 9.59 Å². The van der Waals surface area contributed by atoms with E-state index < -0.39 is 0 Å². The van der Waals surface area contributed by atoms with Gasteiger partial charge in [0.1, 0.15) is 0 Å². The molecule has 0 spiro atoms. The molecular weight excluding hydrogens is 416 g/mol. The molecule has 1 saturated carbocycles. The van der Waals surface area contributed by atoms with Crippen LogP contribution in [0.25, 0.3) is 0 Å². The van der Waals surface area contributed by atoms with Crippen molar-refractivity contribution in [2.75, 3.05) is 20.2 Å². The maximum atomic E-state index is 11.9. The Morgan fingerprint density at radius 3 is 1.74 bits per heavy atom. The summed E-state index contributed by atoms with van der Waals surface area (Å²) >= 11 is 0. The molecule has 0 aliphatic heterocycles. The van der Waals surface area contributed by atoms with E-state index in [1.807, 2.05) is 13.8 Å². The van der Waals surface area contributed by atoms with E-state index in [9.17, 15) is 14.4 Å². The van der Waals surface area contributed by atoms with Crippen molar-refractivity contribution in [3.63, 3.8) is 0 Å². The predicted molar refractivity (Wildman–Crippen MR) is 131 cm³/mol. The highest BCUT2D eigenvalue weighted by atomic mass is 35.5. The van der Waals surface area contributed by atoms with Crippen molar-refractivity contribution in [3.8, 4) is 0 Å². The topological polar surface area (TPSA) is 75.7 Å². The minimum Gasteiger partial charge on any atom is -0.463 e. The highest BCUT2D eigenvalue weighted by Gasteiger charge is 2.22. The number of nitrogens with zero attached hydrogens (tertiary/aromatic N) is 1. The minimum atomic E-state index is -0.384. The molecule has 31 heavy (non-hydrogen) atoms. The highest BCUT2D eigenvalue weighted by molar-refractivity contribution is 5.88. The molecular formula is C24H47ClN2O4. The van der Waals surface area contributed by atoms with Gasteiger partial charge < -0.3 is 15.0 Å². The van der Waals surface area contributed by atoms with Crippen LogP contribution in [0.5, 0.6) is 0 Å². The summed E-state index contributed by atoms with van der Waals surface area (Å²) in [4.78, 5) is 35.2. The normalized spacial score (nSPS) is 14.1. The molecule has 1 fully saturated rings. The van der Waals surface area contributed by atoms with E-state index in [0.717, 1.165) is 5.92 Å². The first-order chi connectivity index (χ1) is 14.1. The number of nitrogens with one attached hydrogen (secondary N) is 1. The predicted octanol–water partition coefficient (Wildman–Crippen LogP) is 5.15. The van der Waals surface area contributed by atoms with E-state index in [2.05, 4.69) is 26.1 Å². The maximum absolute atomic E-state index is 11.9. The zero-order valence-corrected chi connectivity index (χ0v) is 21.8. The average Bonchev–Trinajstić information content (AvgIpc) is 2.70. The molecule has 0 aromatic carbocycles. The van der Waals surface area contributed by atoms with Crippen LogP contribution < -0.4 is 5.32 Å². The first-order valence-electron chi connectivity index (χ1n) is 11.4. The van der Waals surface area contributed by atoms with Gasteiger partial charge in [-0.05, 0) is 25.7 Å². The van der Waals surface area contributed by atoms with Gasteiger partial charge in [-0.15, -0.1) is 12.4 Å². The monoisotopic (exact) mass is 462 g/mol. The zero-order valence-electron chi connectivity index (χ0n) is 21.0. The number of likely N-dealkylation sites (N-methyl/N-ethyl adjacent to an activating group) is 1. The van der Waals surface area contributed by atoms with Gasteiger partial charge in [-0.2, -0.15) is 0 Å². The molecule has 0 heterocycles. The third kappa shape index (κ3) is 20.1. The first-order valence-corrected chi connectivity index (χ1v) is 11.4. The van der Waals surface area contributed by atoms with Crippen LogP contribution in [-0.2, 0) is 19.1 Å². The van der Waals surface area contributed by atoms with Gasteiger partial charge >= 0.3 is 5.97 Å². The first kappa shape index (κ1) is 34.1. The van der Waals surface area contributed by atoms with Crippen LogP contribution in [-0.4, -0.2) is 49.4 Å². The van der Waals surface area contributed by atoms with Gasteiger partial charge in [-0.1, -0.05) is 79.2 Å². The Morgan fingerprint density at radius 2 is 1.42 bits per heavy atom. The lowest BCUT2D eigenvalue weighted by Crippen LogP contribution is -2.43. The Hall–Kier alpha value is -1.56. The van der Waals surface area contributed by atoms with Crippen LogP contribution >= 0.6 is 12.4 Å². The maximum Gasteiger partial charge on any atom is 0.333 e. The SMILES string of the molecule is C1CCCCC1.CC(C)C.CCOC(=O)/C(C)=C/[C@H](C(C)C)N(C)C(=O)CNC=O.Cl. The van der Waals surface area contributed by atoms with Gasteiger partial charge in [0.05, 0.1) is 19.2 Å². The lowest BCUT2D eigenvalue weighted by molar-refractivity contribution is -0.138. The quantitative estimate of drug-likeness (QED) is 0.307. The third-order valence-corrected chi connectivity index (χ3v) is 4.38. The van der Waals surface area contributed by atoms with Crippen LogP contribution in [0.2, 0.25) is 0 Å². The average molecular weight is 463 g/mol. The molecule has 1 N–H and O–H groups in total. The van der Waals surface area contributed by atoms with Gasteiger partial charge in [0.15, 0.2) is 0 Å². The fourth-order valence-electron chi connectivity index (χ4n) is 2.80. The van der Waals surface area contributed by atoms with Crippen LogP contribution in [0.3, 0.4) is 0 Å². The Labute approximate surface area is 197 Å². The summed E-state index contributed by atoms with van der Waals surface area (Å²) in [7, 11) is 1.65. The van der Waals surface area contributed by atoms with Crippen molar-refractivity contribution in [2.24, 2.45) is 11.8 Å². The summed E-state index contributed by atoms with van der Waals surface area (Å²) < 4.78 is 4.92. The van der Waals surface area contributed by atoms with Crippen molar-refractivity contribution >= 4 is 30.7 Å². The zero-order chi connectivity index (χ0) is 23.5. The number of hydrogen-bond donors (Lipinski definition) is 1. The summed E-state index contributed by atoms with van der Waals surface area (Å²) in [6.45, 7) is 14.1. The molecule has 0 bridgehead atoms. The second kappa shape index (κ2) is 21.7. The number of halogens is 1. The van der Waals surface area contributed by atoms with Gasteiger partial charge in [0, 0.05) is 12.6 Å². The van der Waals surface area contributed by atoms with E-state index in [1.54, 1.807) is 27.0 Å². The van der Waals surface area contributed by atoms with Crippen LogP contribution in [0.1, 0.15) is 87.0 Å². The molecule has 7 heteroatoms. The third-order valence-electron chi connectivity index (χ3n) is 4.38. The summed E-state index contributed by atoms with van der Waals surface area (Å²) in [5, 5.41) is 2.34. The fraction of sp³-hybridized carbons (Fsp3) is 0.792. The second-order valence-corrected chi connectivity index (χ2v) is 8.66. The summed E-state index contributed by atoms with van der Waals surface area (Å²) in [5.74, 6) is 0.360. The molecule has 0 aromatic heterocycles. The van der Waals surface area contributed by atoms with Crippen LogP contribution in [0, 0.1) is 11.8 Å². The van der Waals surface area contributed by atoms with E-state index in [1.165, 1.54) is 43.4 Å². The minimum absolute atomic E-state index is 0. The van der Waals surface area contributed by atoms with Crippen molar-refractivity contribution in [1.82, 2.24) is 10.2 Å². The van der Waals surface area contributed by atoms with Gasteiger partial charge in [0.25, 0.3) is 0 Å². The summed E-state index contributed by atoms with van der Waals surface area (Å²) in [6, 6.07) is -0.236. The Balaban J connectivity index is -0.000000582.